The summed E-state index contributed by atoms with van der Waals surface area (Å²) in [5.41, 5.74) is 0. The molecule has 1 aliphatic heterocycles. The van der Waals surface area contributed by atoms with Gasteiger partial charge in [0.25, 0.3) is 0 Å². The van der Waals surface area contributed by atoms with Crippen LogP contribution in [-0.2, 0) is 10.0 Å². The average Bonchev–Trinajstić information content (AvgIpc) is 3.35. The molecule has 1 saturated heterocycles. The van der Waals surface area contributed by atoms with Crippen molar-refractivity contribution in [2.24, 2.45) is 0 Å². The van der Waals surface area contributed by atoms with Crippen molar-refractivity contribution in [2.45, 2.75) is 23.8 Å². The molecule has 2 aromatic rings. The lowest BCUT2D eigenvalue weighted by atomic mass is 10.2. The molecule has 0 amide bonds. The molecule has 1 aromatic heterocycles. The fraction of sp³-hybridized carbons (Fsp3) is 0.444. The molecule has 0 aliphatic carbocycles. The molecule has 1 aromatic carbocycles. The topological polar surface area (TPSA) is 67.9 Å². The molecule has 0 saturated carbocycles. The highest BCUT2D eigenvalue weighted by atomic mass is 32.2. The number of hydrogen-bond donors (Lipinski definition) is 1. The number of sulfonamides is 1. The Bertz CT molecular complexity index is 866. The third kappa shape index (κ3) is 4.43. The summed E-state index contributed by atoms with van der Waals surface area (Å²) in [6.45, 7) is 2.03. The average molecular weight is 415 g/mol. The van der Waals surface area contributed by atoms with Crippen LogP contribution in [0.1, 0.15) is 23.8 Å². The highest BCUT2D eigenvalue weighted by Crippen LogP contribution is 2.32. The van der Waals surface area contributed by atoms with Gasteiger partial charge in [0.15, 0.2) is 11.5 Å². The first-order valence-corrected chi connectivity index (χ1v) is 11.0. The minimum absolute atomic E-state index is 0.0644. The van der Waals surface area contributed by atoms with Crippen LogP contribution in [-0.4, -0.2) is 47.2 Å². The predicted octanol–water partition coefficient (Wildman–Crippen LogP) is 3.02. The van der Waals surface area contributed by atoms with Crippen LogP contribution in [0.2, 0.25) is 0 Å². The molecule has 9 heteroatoms. The number of halogens is 1. The molecule has 148 valence electrons. The van der Waals surface area contributed by atoms with E-state index in [0.717, 1.165) is 42.9 Å². The maximum atomic E-state index is 14.4. The Balaban J connectivity index is 1.83. The van der Waals surface area contributed by atoms with Crippen LogP contribution in [0.5, 0.6) is 11.5 Å². The SMILES string of the molecule is COc1cc(F)c(S(=O)(=O)NCC(c2cccs2)N2CCCC2)cc1OC. The van der Waals surface area contributed by atoms with Gasteiger partial charge in [-0.05, 0) is 37.4 Å². The maximum Gasteiger partial charge on any atom is 0.243 e. The number of nitrogens with one attached hydrogen (secondary N) is 1. The first-order chi connectivity index (χ1) is 13.0. The highest BCUT2D eigenvalue weighted by molar-refractivity contribution is 7.89. The molecule has 1 atom stereocenters. The second kappa shape index (κ2) is 8.55. The maximum absolute atomic E-state index is 14.4. The zero-order valence-corrected chi connectivity index (χ0v) is 16.9. The van der Waals surface area contributed by atoms with Crippen LogP contribution in [0.4, 0.5) is 4.39 Å². The molecule has 27 heavy (non-hydrogen) atoms. The van der Waals surface area contributed by atoms with Crippen molar-refractivity contribution in [3.8, 4) is 11.5 Å². The van der Waals surface area contributed by atoms with Gasteiger partial charge in [0.05, 0.1) is 20.3 Å². The van der Waals surface area contributed by atoms with Crippen LogP contribution in [0.3, 0.4) is 0 Å². The van der Waals surface area contributed by atoms with Gasteiger partial charge >= 0.3 is 0 Å². The van der Waals surface area contributed by atoms with E-state index in [1.165, 1.54) is 14.2 Å². The summed E-state index contributed by atoms with van der Waals surface area (Å²) >= 11 is 1.59. The van der Waals surface area contributed by atoms with Crippen molar-refractivity contribution in [3.05, 3.63) is 40.3 Å². The minimum atomic E-state index is -4.05. The summed E-state index contributed by atoms with van der Waals surface area (Å²) in [5.74, 6) is -0.579. The molecule has 0 bridgehead atoms. The molecule has 1 N–H and O–H groups in total. The minimum Gasteiger partial charge on any atom is -0.493 e. The molecule has 1 fully saturated rings. The third-order valence-corrected chi connectivity index (χ3v) is 7.06. The summed E-state index contributed by atoms with van der Waals surface area (Å²) in [6, 6.07) is 6.05. The first kappa shape index (κ1) is 20.1. The van der Waals surface area contributed by atoms with Crippen LogP contribution in [0.25, 0.3) is 0 Å². The lowest BCUT2D eigenvalue weighted by Gasteiger charge is -2.27. The fourth-order valence-electron chi connectivity index (χ4n) is 3.25. The van der Waals surface area contributed by atoms with Gasteiger partial charge in [0.2, 0.25) is 10.0 Å². The van der Waals surface area contributed by atoms with E-state index in [-0.39, 0.29) is 24.1 Å². The van der Waals surface area contributed by atoms with Crippen molar-refractivity contribution < 1.29 is 22.3 Å². The van der Waals surface area contributed by atoms with Crippen LogP contribution in [0, 0.1) is 5.82 Å². The van der Waals surface area contributed by atoms with Crippen molar-refractivity contribution in [2.75, 3.05) is 33.9 Å². The lowest BCUT2D eigenvalue weighted by Crippen LogP contribution is -2.36. The van der Waals surface area contributed by atoms with Gasteiger partial charge in [0, 0.05) is 23.6 Å². The van der Waals surface area contributed by atoms with E-state index >= 15 is 0 Å². The van der Waals surface area contributed by atoms with Crippen LogP contribution < -0.4 is 14.2 Å². The van der Waals surface area contributed by atoms with Crippen LogP contribution in [0.15, 0.2) is 34.5 Å². The van der Waals surface area contributed by atoms with E-state index in [0.29, 0.717) is 0 Å². The van der Waals surface area contributed by atoms with Gasteiger partial charge in [-0.2, -0.15) is 0 Å². The molecule has 6 nitrogen and oxygen atoms in total. The summed E-state index contributed by atoms with van der Waals surface area (Å²) in [7, 11) is -1.31. The number of rotatable bonds is 8. The second-order valence-corrected chi connectivity index (χ2v) is 8.98. The Hall–Kier alpha value is -1.68. The molecule has 1 unspecified atom stereocenters. The van der Waals surface area contributed by atoms with E-state index in [1.54, 1.807) is 11.3 Å². The van der Waals surface area contributed by atoms with E-state index in [1.807, 2.05) is 17.5 Å². The standard InChI is InChI=1S/C18H23FN2O4S2/c1-24-15-10-13(19)18(11-16(15)25-2)27(22,23)20-12-14(17-6-5-9-26-17)21-7-3-4-8-21/h5-6,9-11,14,20H,3-4,7-8,12H2,1-2H3. The number of ether oxygens (including phenoxy) is 2. The fourth-order valence-corrected chi connectivity index (χ4v) is 5.22. The zero-order chi connectivity index (χ0) is 19.4. The van der Waals surface area contributed by atoms with Gasteiger partial charge in [-0.1, -0.05) is 6.07 Å². The number of methoxy groups -OCH3 is 2. The van der Waals surface area contributed by atoms with Gasteiger partial charge in [0.1, 0.15) is 10.7 Å². The van der Waals surface area contributed by atoms with Gasteiger partial charge in [-0.15, -0.1) is 11.3 Å². The Labute approximate surface area is 163 Å². The molecule has 3 rings (SSSR count). The molecule has 0 spiro atoms. The van der Waals surface area contributed by atoms with Crippen molar-refractivity contribution in [1.82, 2.24) is 9.62 Å². The summed E-state index contributed by atoms with van der Waals surface area (Å²) in [4.78, 5) is 2.90. The third-order valence-electron chi connectivity index (χ3n) is 4.65. The van der Waals surface area contributed by atoms with Gasteiger partial charge in [-0.3, -0.25) is 4.90 Å². The highest BCUT2D eigenvalue weighted by Gasteiger charge is 2.28. The number of thiophene rings is 1. The smallest absolute Gasteiger partial charge is 0.243 e. The first-order valence-electron chi connectivity index (χ1n) is 8.65. The lowest BCUT2D eigenvalue weighted by molar-refractivity contribution is 0.250. The van der Waals surface area contributed by atoms with Crippen LogP contribution >= 0.6 is 11.3 Å². The number of benzene rings is 1. The van der Waals surface area contributed by atoms with E-state index in [4.69, 9.17) is 9.47 Å². The second-order valence-electron chi connectivity index (χ2n) is 6.26. The van der Waals surface area contributed by atoms with E-state index in [2.05, 4.69) is 9.62 Å². The molecule has 0 radical (unpaired) electrons. The predicted molar refractivity (Wildman–Crippen MR) is 103 cm³/mol. The largest absolute Gasteiger partial charge is 0.493 e. The molecular formula is C18H23FN2O4S2. The van der Waals surface area contributed by atoms with Gasteiger partial charge in [-0.25, -0.2) is 17.5 Å². The Morgan fingerprint density at radius 3 is 2.48 bits per heavy atom. The Morgan fingerprint density at radius 1 is 1.22 bits per heavy atom. The summed E-state index contributed by atoms with van der Waals surface area (Å²) in [6.07, 6.45) is 2.19. The van der Waals surface area contributed by atoms with Gasteiger partial charge < -0.3 is 9.47 Å². The molecular weight excluding hydrogens is 391 g/mol. The molecule has 2 heterocycles. The Kier molecular flexibility index (Phi) is 6.36. The van der Waals surface area contributed by atoms with Crippen molar-refractivity contribution in [3.63, 3.8) is 0 Å². The quantitative estimate of drug-likeness (QED) is 0.719. The zero-order valence-electron chi connectivity index (χ0n) is 15.3. The number of hydrogen-bond acceptors (Lipinski definition) is 6. The van der Waals surface area contributed by atoms with E-state index in [9.17, 15) is 12.8 Å². The summed E-state index contributed by atoms with van der Waals surface area (Å²) < 4.78 is 52.6. The Morgan fingerprint density at radius 2 is 1.89 bits per heavy atom. The monoisotopic (exact) mass is 414 g/mol. The van der Waals surface area contributed by atoms with E-state index < -0.39 is 20.7 Å². The number of nitrogens with zero attached hydrogens (tertiary/aromatic N) is 1. The van der Waals surface area contributed by atoms with Crippen molar-refractivity contribution >= 4 is 21.4 Å². The molecule has 1 aliphatic rings. The summed E-state index contributed by atoms with van der Waals surface area (Å²) in [5, 5.41) is 1.97. The van der Waals surface area contributed by atoms with Crippen molar-refractivity contribution in [1.29, 1.82) is 0 Å². The number of likely N-dealkylation sites (tertiary alicyclic amines) is 1. The normalized spacial score (nSPS) is 16.4.